The van der Waals surface area contributed by atoms with Crippen LogP contribution in [0.2, 0.25) is 5.02 Å². The molecule has 0 bridgehead atoms. The zero-order valence-electron chi connectivity index (χ0n) is 31.8. The minimum atomic E-state index is -2.54. The number of para-hydroxylation sites is 2. The summed E-state index contributed by atoms with van der Waals surface area (Å²) in [6.07, 6.45) is -1.22. The van der Waals surface area contributed by atoms with Gasteiger partial charge >= 0.3 is 5.97 Å². The second kappa shape index (κ2) is 15.4. The van der Waals surface area contributed by atoms with Crippen molar-refractivity contribution in [3.05, 3.63) is 214 Å². The normalized spacial score (nSPS) is 18.3. The summed E-state index contributed by atoms with van der Waals surface area (Å²) in [4.78, 5) is 67.5. The summed E-state index contributed by atoms with van der Waals surface area (Å²) < 4.78 is 13.2. The maximum atomic E-state index is 16.2. The van der Waals surface area contributed by atoms with E-state index in [-0.39, 0.29) is 46.8 Å². The largest absolute Gasteiger partial charge is 0.462 e. The average molecular weight is 798 g/mol. The van der Waals surface area contributed by atoms with Crippen molar-refractivity contribution in [2.24, 2.45) is 0 Å². The number of esters is 1. The number of ether oxygens (including phenoxy) is 2. The van der Waals surface area contributed by atoms with Crippen molar-refractivity contribution < 1.29 is 28.7 Å². The third kappa shape index (κ3) is 6.23. The SMILES string of the molecule is CCOC(=O)C1=C(c2ccccc2)N(c2ccc(Cl)cc2)C(=O)C12OC1N(Cc3ccccc3)c3ccccc3N1C(C(=O)c1ccccc1)=C2C(=O)c1ccccc1. The van der Waals surface area contributed by atoms with Gasteiger partial charge in [-0.1, -0.05) is 145 Å². The van der Waals surface area contributed by atoms with Gasteiger partial charge in [0.15, 0.2) is 5.78 Å². The van der Waals surface area contributed by atoms with Gasteiger partial charge in [-0.15, -0.1) is 0 Å². The summed E-state index contributed by atoms with van der Waals surface area (Å²) in [6.45, 7) is 1.89. The number of Topliss-reactive ketones (excluding diaryl/α,β-unsaturated/α-hetero) is 2. The van der Waals surface area contributed by atoms with Gasteiger partial charge in [-0.25, -0.2) is 4.79 Å². The molecular formula is C49H36ClN3O6. The number of carbonyl (C=O) groups is 4. The van der Waals surface area contributed by atoms with E-state index < -0.39 is 35.4 Å². The van der Waals surface area contributed by atoms with Crippen LogP contribution in [0.4, 0.5) is 17.1 Å². The molecular weight excluding hydrogens is 762 g/mol. The number of allylic oxidation sites excluding steroid dienone is 1. The summed E-state index contributed by atoms with van der Waals surface area (Å²) >= 11 is 6.39. The summed E-state index contributed by atoms with van der Waals surface area (Å²) in [5, 5.41) is 0.423. The Morgan fingerprint density at radius 3 is 1.81 bits per heavy atom. The Balaban J connectivity index is 1.44. The fraction of sp³-hybridized carbons (Fsp3) is 0.102. The predicted octanol–water partition coefficient (Wildman–Crippen LogP) is 9.26. The Hall–Kier alpha value is -7.07. The van der Waals surface area contributed by atoms with Crippen molar-refractivity contribution in [3.8, 4) is 0 Å². The van der Waals surface area contributed by atoms with E-state index in [2.05, 4.69) is 0 Å². The lowest BCUT2D eigenvalue weighted by atomic mass is 9.77. The smallest absolute Gasteiger partial charge is 0.340 e. The minimum absolute atomic E-state index is 0.0573. The van der Waals surface area contributed by atoms with Crippen molar-refractivity contribution in [3.63, 3.8) is 0 Å². The van der Waals surface area contributed by atoms with Gasteiger partial charge in [0.25, 0.3) is 5.91 Å². The molecule has 0 saturated carbocycles. The standard InChI is InChI=1S/C49H36ClN3O6/c1-2-58-46(56)41-42(33-19-9-4-10-20-33)52(37-29-27-36(50)28-30-37)47(57)49(41)40(44(54)34-21-11-5-12-22-34)43(45(55)35-23-13-6-14-24-35)53-39-26-16-15-25-38(39)51(48(53)59-49)31-32-17-7-3-8-18-32/h3-30,48H,2,31H2,1H3. The minimum Gasteiger partial charge on any atom is -0.462 e. The van der Waals surface area contributed by atoms with Crippen LogP contribution in [0.5, 0.6) is 0 Å². The first-order chi connectivity index (χ1) is 28.8. The van der Waals surface area contributed by atoms with E-state index >= 15 is 19.2 Å². The van der Waals surface area contributed by atoms with E-state index in [1.807, 2.05) is 65.6 Å². The molecule has 0 aromatic heterocycles. The lowest BCUT2D eigenvalue weighted by Gasteiger charge is -2.46. The topological polar surface area (TPSA) is 96.5 Å². The molecule has 1 amide bonds. The highest BCUT2D eigenvalue weighted by Gasteiger charge is 2.68. The van der Waals surface area contributed by atoms with Crippen LogP contribution in [-0.4, -0.2) is 42.0 Å². The molecule has 3 heterocycles. The molecule has 3 aliphatic heterocycles. The monoisotopic (exact) mass is 797 g/mol. The number of fused-ring (bicyclic) bond motifs is 3. The maximum Gasteiger partial charge on any atom is 0.340 e. The molecule has 3 aliphatic rings. The molecule has 59 heavy (non-hydrogen) atoms. The molecule has 9 nitrogen and oxygen atoms in total. The highest BCUT2D eigenvalue weighted by Crippen LogP contribution is 2.56. The van der Waals surface area contributed by atoms with Crippen molar-refractivity contribution in [2.75, 3.05) is 21.3 Å². The zero-order chi connectivity index (χ0) is 40.7. The van der Waals surface area contributed by atoms with Gasteiger partial charge in [0.2, 0.25) is 17.7 Å². The summed E-state index contributed by atoms with van der Waals surface area (Å²) in [5.74, 6) is -2.90. The van der Waals surface area contributed by atoms with E-state index in [9.17, 15) is 0 Å². The fourth-order valence-electron chi connectivity index (χ4n) is 8.17. The number of hydrogen-bond donors (Lipinski definition) is 0. The summed E-state index contributed by atoms with van der Waals surface area (Å²) in [5.41, 5.74) is 0.381. The van der Waals surface area contributed by atoms with Crippen LogP contribution in [-0.2, 0) is 25.6 Å². The first kappa shape index (κ1) is 37.5. The lowest BCUT2D eigenvalue weighted by molar-refractivity contribution is -0.149. The first-order valence-electron chi connectivity index (χ1n) is 19.2. The molecule has 2 unspecified atom stereocenters. The van der Waals surface area contributed by atoms with E-state index in [0.717, 1.165) is 5.56 Å². The van der Waals surface area contributed by atoms with Gasteiger partial charge < -0.3 is 14.4 Å². The van der Waals surface area contributed by atoms with Crippen molar-refractivity contribution in [2.45, 2.75) is 25.4 Å². The van der Waals surface area contributed by atoms with E-state index in [4.69, 9.17) is 21.1 Å². The maximum absolute atomic E-state index is 16.2. The molecule has 2 atom stereocenters. The Labute approximate surface area is 346 Å². The molecule has 10 heteroatoms. The van der Waals surface area contributed by atoms with Crippen LogP contribution in [0, 0.1) is 0 Å². The number of anilines is 3. The second-order valence-electron chi connectivity index (χ2n) is 14.1. The fourth-order valence-corrected chi connectivity index (χ4v) is 8.29. The number of rotatable bonds is 10. The summed E-state index contributed by atoms with van der Waals surface area (Å²) in [7, 11) is 0. The zero-order valence-corrected chi connectivity index (χ0v) is 32.6. The van der Waals surface area contributed by atoms with Crippen LogP contribution < -0.4 is 14.7 Å². The highest BCUT2D eigenvalue weighted by atomic mass is 35.5. The number of carbonyl (C=O) groups excluding carboxylic acids is 4. The number of amides is 1. The van der Waals surface area contributed by atoms with Crippen LogP contribution in [0.1, 0.15) is 38.8 Å². The lowest BCUT2D eigenvalue weighted by Crippen LogP contribution is -2.63. The van der Waals surface area contributed by atoms with Crippen molar-refractivity contribution in [1.29, 1.82) is 0 Å². The first-order valence-corrected chi connectivity index (χ1v) is 19.6. The van der Waals surface area contributed by atoms with Gasteiger partial charge in [0, 0.05) is 28.4 Å². The van der Waals surface area contributed by atoms with E-state index in [1.165, 1.54) is 4.90 Å². The van der Waals surface area contributed by atoms with Crippen LogP contribution in [0.15, 0.2) is 187 Å². The van der Waals surface area contributed by atoms with Crippen molar-refractivity contribution >= 4 is 57.8 Å². The quantitative estimate of drug-likeness (QED) is 0.100. The van der Waals surface area contributed by atoms with Gasteiger partial charge in [-0.3, -0.25) is 24.2 Å². The Bertz CT molecular complexity index is 2670. The van der Waals surface area contributed by atoms with Crippen LogP contribution in [0.3, 0.4) is 0 Å². The molecule has 6 aromatic carbocycles. The molecule has 0 fully saturated rings. The van der Waals surface area contributed by atoms with Gasteiger partial charge in [0.05, 0.1) is 29.3 Å². The van der Waals surface area contributed by atoms with Crippen molar-refractivity contribution in [1.82, 2.24) is 0 Å². The van der Waals surface area contributed by atoms with Gasteiger partial charge in [-0.2, -0.15) is 0 Å². The molecule has 0 saturated heterocycles. The highest BCUT2D eigenvalue weighted by molar-refractivity contribution is 6.33. The number of ketones is 2. The van der Waals surface area contributed by atoms with Gasteiger partial charge in [-0.05, 0) is 54.4 Å². The van der Waals surface area contributed by atoms with E-state index in [1.54, 1.807) is 121 Å². The Kier molecular flexibility index (Phi) is 9.76. The Morgan fingerprint density at radius 1 is 0.661 bits per heavy atom. The van der Waals surface area contributed by atoms with Crippen LogP contribution in [0.25, 0.3) is 5.70 Å². The third-order valence-corrected chi connectivity index (χ3v) is 10.9. The molecule has 0 N–H and O–H groups in total. The van der Waals surface area contributed by atoms with Crippen LogP contribution >= 0.6 is 11.6 Å². The second-order valence-corrected chi connectivity index (χ2v) is 14.6. The third-order valence-electron chi connectivity index (χ3n) is 10.7. The van der Waals surface area contributed by atoms with E-state index in [0.29, 0.717) is 27.6 Å². The Morgan fingerprint density at radius 2 is 1.20 bits per heavy atom. The van der Waals surface area contributed by atoms with Gasteiger partial charge in [0.1, 0.15) is 11.3 Å². The number of halogens is 1. The number of benzene rings is 6. The average Bonchev–Trinajstić information content (AvgIpc) is 3.72. The summed E-state index contributed by atoms with van der Waals surface area (Å²) in [6, 6.07) is 49.7. The number of nitrogens with zero attached hydrogens (tertiary/aromatic N) is 3. The molecule has 0 aliphatic carbocycles. The molecule has 0 radical (unpaired) electrons. The predicted molar refractivity (Wildman–Crippen MR) is 227 cm³/mol. The number of hydrogen-bond acceptors (Lipinski definition) is 8. The molecule has 6 aromatic rings. The molecule has 290 valence electrons. The molecule has 9 rings (SSSR count). The molecule has 1 spiro atoms.